The highest BCUT2D eigenvalue weighted by molar-refractivity contribution is 5.96. The van der Waals surface area contributed by atoms with Crippen molar-refractivity contribution in [3.05, 3.63) is 75.3 Å². The van der Waals surface area contributed by atoms with Crippen molar-refractivity contribution in [2.24, 2.45) is 5.10 Å². The van der Waals surface area contributed by atoms with Crippen molar-refractivity contribution in [3.8, 4) is 0 Å². The zero-order chi connectivity index (χ0) is 15.2. The fourth-order valence-electron chi connectivity index (χ4n) is 1.81. The predicted molar refractivity (Wildman–Crippen MR) is 79.3 cm³/mol. The molecular formula is C15H13N3O3. The number of para-hydroxylation sites is 1. The van der Waals surface area contributed by atoms with E-state index >= 15 is 0 Å². The molecule has 0 heterocycles. The minimum atomic E-state index is -0.496. The summed E-state index contributed by atoms with van der Waals surface area (Å²) in [5, 5.41) is 14.6. The highest BCUT2D eigenvalue weighted by Gasteiger charge is 2.10. The van der Waals surface area contributed by atoms with Crippen LogP contribution in [0.25, 0.3) is 0 Å². The van der Waals surface area contributed by atoms with E-state index in [0.717, 1.165) is 5.56 Å². The molecule has 2 rings (SSSR count). The molecule has 6 nitrogen and oxygen atoms in total. The quantitative estimate of drug-likeness (QED) is 0.532. The first-order chi connectivity index (χ1) is 10.1. The first-order valence-electron chi connectivity index (χ1n) is 6.22. The zero-order valence-corrected chi connectivity index (χ0v) is 11.3. The number of hydrogen-bond acceptors (Lipinski definition) is 4. The van der Waals surface area contributed by atoms with Gasteiger partial charge in [0.25, 0.3) is 11.6 Å². The largest absolute Gasteiger partial charge is 0.278 e. The van der Waals surface area contributed by atoms with Gasteiger partial charge in [-0.3, -0.25) is 14.9 Å². The first-order valence-corrected chi connectivity index (χ1v) is 6.22. The van der Waals surface area contributed by atoms with Gasteiger partial charge >= 0.3 is 0 Å². The van der Waals surface area contributed by atoms with Gasteiger partial charge in [-0.05, 0) is 24.6 Å². The summed E-state index contributed by atoms with van der Waals surface area (Å²) < 4.78 is 0. The van der Waals surface area contributed by atoms with E-state index in [0.29, 0.717) is 11.1 Å². The molecule has 0 aliphatic heterocycles. The van der Waals surface area contributed by atoms with Crippen LogP contribution in [0.5, 0.6) is 0 Å². The molecular weight excluding hydrogens is 270 g/mol. The van der Waals surface area contributed by atoms with Gasteiger partial charge in [-0.1, -0.05) is 30.3 Å². The molecule has 0 spiro atoms. The topological polar surface area (TPSA) is 84.6 Å². The summed E-state index contributed by atoms with van der Waals surface area (Å²) in [4.78, 5) is 22.3. The van der Waals surface area contributed by atoms with Crippen LogP contribution in [0.4, 0.5) is 5.69 Å². The van der Waals surface area contributed by atoms with Gasteiger partial charge < -0.3 is 0 Å². The number of benzene rings is 2. The Balaban J connectivity index is 2.12. The number of carbonyl (C=O) groups is 1. The summed E-state index contributed by atoms with van der Waals surface area (Å²) in [5.74, 6) is -0.358. The fraction of sp³-hybridized carbons (Fsp3) is 0.0667. The Morgan fingerprint density at radius 1 is 1.19 bits per heavy atom. The molecule has 1 N–H and O–H groups in total. The molecule has 1 amide bonds. The molecule has 0 unspecified atom stereocenters. The number of nitro benzene ring substituents is 1. The van der Waals surface area contributed by atoms with Gasteiger partial charge in [0, 0.05) is 11.6 Å². The van der Waals surface area contributed by atoms with E-state index in [4.69, 9.17) is 0 Å². The van der Waals surface area contributed by atoms with E-state index in [1.165, 1.54) is 12.3 Å². The number of nitrogens with zero attached hydrogens (tertiary/aromatic N) is 2. The van der Waals surface area contributed by atoms with E-state index in [2.05, 4.69) is 10.5 Å². The number of hydrazone groups is 1. The molecule has 0 atom stereocenters. The van der Waals surface area contributed by atoms with Crippen LogP contribution in [-0.2, 0) is 0 Å². The maximum absolute atomic E-state index is 11.9. The smallest absolute Gasteiger partial charge is 0.267 e. The molecule has 0 saturated carbocycles. The highest BCUT2D eigenvalue weighted by Crippen LogP contribution is 2.15. The second-order valence-corrected chi connectivity index (χ2v) is 4.33. The molecule has 106 valence electrons. The van der Waals surface area contributed by atoms with Crippen molar-refractivity contribution in [2.75, 3.05) is 0 Å². The maximum Gasteiger partial charge on any atom is 0.278 e. The minimum absolute atomic E-state index is 0.0635. The Morgan fingerprint density at radius 3 is 2.57 bits per heavy atom. The number of nitrogens with one attached hydrogen (secondary N) is 1. The van der Waals surface area contributed by atoms with Crippen molar-refractivity contribution >= 4 is 17.8 Å². The van der Waals surface area contributed by atoms with E-state index in [1.807, 2.05) is 19.1 Å². The zero-order valence-electron chi connectivity index (χ0n) is 11.3. The van der Waals surface area contributed by atoms with Crippen LogP contribution in [0.3, 0.4) is 0 Å². The monoisotopic (exact) mass is 283 g/mol. The van der Waals surface area contributed by atoms with Gasteiger partial charge in [0.2, 0.25) is 0 Å². The highest BCUT2D eigenvalue weighted by atomic mass is 16.6. The molecule has 2 aromatic carbocycles. The van der Waals surface area contributed by atoms with Crippen molar-refractivity contribution < 1.29 is 9.72 Å². The van der Waals surface area contributed by atoms with Gasteiger partial charge in [-0.25, -0.2) is 5.43 Å². The average molecular weight is 283 g/mol. The minimum Gasteiger partial charge on any atom is -0.267 e. The summed E-state index contributed by atoms with van der Waals surface area (Å²) >= 11 is 0. The molecule has 21 heavy (non-hydrogen) atoms. The second-order valence-electron chi connectivity index (χ2n) is 4.33. The van der Waals surface area contributed by atoms with Gasteiger partial charge in [0.1, 0.15) is 0 Å². The Bertz CT molecular complexity index is 711. The summed E-state index contributed by atoms with van der Waals surface area (Å²) in [6, 6.07) is 13.3. The number of nitro groups is 1. The predicted octanol–water partition coefficient (Wildman–Crippen LogP) is 2.67. The molecule has 2 aromatic rings. The maximum atomic E-state index is 11.9. The first kappa shape index (κ1) is 14.4. The van der Waals surface area contributed by atoms with Gasteiger partial charge in [-0.2, -0.15) is 5.10 Å². The van der Waals surface area contributed by atoms with Crippen LogP contribution in [0, 0.1) is 17.0 Å². The van der Waals surface area contributed by atoms with Crippen molar-refractivity contribution in [2.45, 2.75) is 6.92 Å². The summed E-state index contributed by atoms with van der Waals surface area (Å²) in [6.07, 6.45) is 1.26. The molecule has 0 fully saturated rings. The molecule has 0 aromatic heterocycles. The van der Waals surface area contributed by atoms with Crippen LogP contribution in [0.1, 0.15) is 21.5 Å². The second kappa shape index (κ2) is 6.42. The van der Waals surface area contributed by atoms with Crippen LogP contribution in [0.15, 0.2) is 53.6 Å². The van der Waals surface area contributed by atoms with Crippen molar-refractivity contribution in [3.63, 3.8) is 0 Å². The number of amides is 1. The van der Waals surface area contributed by atoms with Gasteiger partial charge in [-0.15, -0.1) is 0 Å². The average Bonchev–Trinajstić information content (AvgIpc) is 2.48. The Morgan fingerprint density at radius 2 is 1.86 bits per heavy atom. The van der Waals surface area contributed by atoms with E-state index in [1.54, 1.807) is 30.3 Å². The Hall–Kier alpha value is -3.02. The van der Waals surface area contributed by atoms with E-state index in [9.17, 15) is 14.9 Å². The number of carbonyl (C=O) groups excluding carboxylic acids is 1. The van der Waals surface area contributed by atoms with Crippen molar-refractivity contribution in [1.29, 1.82) is 0 Å². The van der Waals surface area contributed by atoms with E-state index in [-0.39, 0.29) is 11.6 Å². The lowest BCUT2D eigenvalue weighted by atomic mass is 10.1. The standard InChI is InChI=1S/C15H13N3O3/c1-11-6-2-4-8-13(11)15(19)17-16-10-12-7-3-5-9-14(12)18(20)21/h2-10H,1H3,(H,17,19)/b16-10-. The third kappa shape index (κ3) is 3.50. The summed E-state index contributed by atoms with van der Waals surface area (Å²) in [7, 11) is 0. The normalized spacial score (nSPS) is 10.5. The number of rotatable bonds is 4. The lowest BCUT2D eigenvalue weighted by molar-refractivity contribution is -0.385. The lowest BCUT2D eigenvalue weighted by Crippen LogP contribution is -2.18. The third-order valence-corrected chi connectivity index (χ3v) is 2.89. The molecule has 0 radical (unpaired) electrons. The van der Waals surface area contributed by atoms with Crippen LogP contribution >= 0.6 is 0 Å². The Labute approximate surface area is 121 Å². The number of hydrogen-bond donors (Lipinski definition) is 1. The molecule has 0 aliphatic rings. The SMILES string of the molecule is Cc1ccccc1C(=O)N/N=C\c1ccccc1[N+](=O)[O-]. The molecule has 0 aliphatic carbocycles. The summed E-state index contributed by atoms with van der Waals surface area (Å²) in [5.41, 5.74) is 3.97. The lowest BCUT2D eigenvalue weighted by Gasteiger charge is -2.03. The van der Waals surface area contributed by atoms with Crippen LogP contribution in [0.2, 0.25) is 0 Å². The summed E-state index contributed by atoms with van der Waals surface area (Å²) in [6.45, 7) is 1.82. The van der Waals surface area contributed by atoms with Crippen LogP contribution < -0.4 is 5.43 Å². The van der Waals surface area contributed by atoms with Gasteiger partial charge in [0.15, 0.2) is 0 Å². The number of aryl methyl sites for hydroxylation is 1. The fourth-order valence-corrected chi connectivity index (χ4v) is 1.81. The third-order valence-electron chi connectivity index (χ3n) is 2.89. The van der Waals surface area contributed by atoms with E-state index < -0.39 is 4.92 Å². The van der Waals surface area contributed by atoms with Gasteiger partial charge in [0.05, 0.1) is 16.7 Å². The molecule has 6 heteroatoms. The van der Waals surface area contributed by atoms with Crippen LogP contribution in [-0.4, -0.2) is 17.0 Å². The Kier molecular flexibility index (Phi) is 4.40. The molecule has 0 bridgehead atoms. The van der Waals surface area contributed by atoms with Crippen molar-refractivity contribution in [1.82, 2.24) is 5.43 Å². The molecule has 0 saturated heterocycles.